The molecule has 1 aliphatic heterocycles. The number of ether oxygens (including phenoxy) is 2. The number of thioether (sulfide) groups is 1. The van der Waals surface area contributed by atoms with Gasteiger partial charge in [-0.25, -0.2) is 4.98 Å². The number of aromatic nitrogens is 1. The minimum atomic E-state index is -0.647. The highest BCUT2D eigenvalue weighted by atomic mass is 32.2. The molecule has 0 radical (unpaired) electrons. The van der Waals surface area contributed by atoms with Crippen molar-refractivity contribution in [1.29, 1.82) is 0 Å². The van der Waals surface area contributed by atoms with Gasteiger partial charge >= 0.3 is 0 Å². The molecule has 0 unspecified atom stereocenters. The molecule has 5 rings (SSSR count). The maximum absolute atomic E-state index is 12.7. The van der Waals surface area contributed by atoms with Gasteiger partial charge < -0.3 is 30.9 Å². The van der Waals surface area contributed by atoms with Crippen molar-refractivity contribution in [3.63, 3.8) is 0 Å². The van der Waals surface area contributed by atoms with Crippen LogP contribution in [0.25, 0.3) is 0 Å². The number of pyridine rings is 1. The zero-order chi connectivity index (χ0) is 30.7. The molecule has 228 valence electrons. The van der Waals surface area contributed by atoms with E-state index in [4.69, 9.17) is 15.2 Å². The minimum absolute atomic E-state index is 0.0184. The predicted molar refractivity (Wildman–Crippen MR) is 172 cm³/mol. The first-order valence-electron chi connectivity index (χ1n) is 14.6. The number of carbonyl (C=O) groups excluding carboxylic acids is 2. The van der Waals surface area contributed by atoms with E-state index >= 15 is 0 Å². The number of benzene rings is 3. The predicted octanol–water partition coefficient (Wildman–Crippen LogP) is 6.24. The molecule has 0 spiro atoms. The largest absolute Gasteiger partial charge is 0.397 e. The normalized spacial score (nSPS) is 18.0. The van der Waals surface area contributed by atoms with Gasteiger partial charge in [0.25, 0.3) is 0 Å². The molecule has 3 aromatic carbocycles. The molecule has 1 aromatic heterocycles. The number of nitrogens with zero attached hydrogens (tertiary/aromatic N) is 1. The molecule has 4 aromatic rings. The average Bonchev–Trinajstić information content (AvgIpc) is 3.05. The number of aliphatic hydroxyl groups is 1. The van der Waals surface area contributed by atoms with E-state index in [1.54, 1.807) is 42.2 Å². The molecule has 9 nitrogen and oxygen atoms in total. The average molecular weight is 613 g/mol. The third-order valence-electron chi connectivity index (χ3n) is 7.15. The van der Waals surface area contributed by atoms with Crippen molar-refractivity contribution in [2.45, 2.75) is 55.8 Å². The van der Waals surface area contributed by atoms with E-state index in [2.05, 4.69) is 15.6 Å². The Balaban J connectivity index is 1.20. The Kier molecular flexibility index (Phi) is 11.0. The van der Waals surface area contributed by atoms with Crippen LogP contribution >= 0.6 is 11.8 Å². The maximum atomic E-state index is 12.7. The molecule has 0 saturated carbocycles. The standard InChI is InChI=1S/C34H36N4O5S/c35-28-9-1-2-10-29(28)38-32(41)12-6-11-31(40)37-26-8-5-7-25(19-26)34-42-27(22-44-33-13-3-4-18-36-33)20-30(43-34)24-16-14-23(21-39)15-17-24/h1-5,7-10,13-19,27,30,34,39H,6,11-12,20-22,35H2,(H,37,40)(H,38,41)/t27-,30+,34+/m0/s1. The van der Waals surface area contributed by atoms with Crippen molar-refractivity contribution >= 4 is 40.6 Å². The van der Waals surface area contributed by atoms with Crippen molar-refractivity contribution in [3.05, 3.63) is 114 Å². The Hall–Kier alpha value is -4.22. The summed E-state index contributed by atoms with van der Waals surface area (Å²) in [6, 6.07) is 28.1. The van der Waals surface area contributed by atoms with Crippen molar-refractivity contribution in [2.24, 2.45) is 0 Å². The van der Waals surface area contributed by atoms with E-state index in [1.807, 2.05) is 66.7 Å². The van der Waals surface area contributed by atoms with Gasteiger partial charge in [0.05, 0.1) is 35.2 Å². The summed E-state index contributed by atoms with van der Waals surface area (Å²) in [7, 11) is 0. The smallest absolute Gasteiger partial charge is 0.224 e. The van der Waals surface area contributed by atoms with Crippen LogP contribution in [0.1, 0.15) is 54.8 Å². The Labute approximate surface area is 261 Å². The highest BCUT2D eigenvalue weighted by molar-refractivity contribution is 7.99. The molecule has 1 fully saturated rings. The molecule has 2 heterocycles. The number of anilines is 3. The molecular weight excluding hydrogens is 576 g/mol. The van der Waals surface area contributed by atoms with E-state index < -0.39 is 6.29 Å². The van der Waals surface area contributed by atoms with Crippen molar-refractivity contribution < 1.29 is 24.2 Å². The molecule has 5 N–H and O–H groups in total. The monoisotopic (exact) mass is 612 g/mol. The highest BCUT2D eigenvalue weighted by Gasteiger charge is 2.32. The summed E-state index contributed by atoms with van der Waals surface area (Å²) < 4.78 is 12.9. The zero-order valence-electron chi connectivity index (χ0n) is 24.2. The molecule has 1 saturated heterocycles. The van der Waals surface area contributed by atoms with Gasteiger partial charge in [0.2, 0.25) is 11.8 Å². The second kappa shape index (κ2) is 15.5. The van der Waals surface area contributed by atoms with Gasteiger partial charge in [-0.15, -0.1) is 11.8 Å². The number of nitrogen functional groups attached to an aromatic ring is 1. The Morgan fingerprint density at radius 3 is 2.41 bits per heavy atom. The van der Waals surface area contributed by atoms with Gasteiger partial charge in [-0.1, -0.05) is 54.6 Å². The van der Waals surface area contributed by atoms with Crippen LogP contribution in [0.5, 0.6) is 0 Å². The number of hydrogen-bond donors (Lipinski definition) is 4. The number of amides is 2. The number of carbonyl (C=O) groups is 2. The van der Waals surface area contributed by atoms with E-state index in [-0.39, 0.29) is 43.5 Å². The number of rotatable bonds is 12. The Bertz CT molecular complexity index is 1540. The minimum Gasteiger partial charge on any atom is -0.397 e. The number of para-hydroxylation sites is 2. The van der Waals surface area contributed by atoms with E-state index in [1.165, 1.54) is 0 Å². The second-order valence-corrected chi connectivity index (χ2v) is 11.5. The molecule has 2 amide bonds. The fourth-order valence-corrected chi connectivity index (χ4v) is 5.73. The topological polar surface area (TPSA) is 136 Å². The van der Waals surface area contributed by atoms with E-state index in [9.17, 15) is 14.7 Å². The fraction of sp³-hybridized carbons (Fsp3) is 0.265. The first-order chi connectivity index (χ1) is 21.5. The summed E-state index contributed by atoms with van der Waals surface area (Å²) in [5, 5.41) is 16.1. The van der Waals surface area contributed by atoms with E-state index in [0.717, 1.165) is 21.7 Å². The molecule has 0 aliphatic carbocycles. The van der Waals surface area contributed by atoms with Gasteiger partial charge in [-0.3, -0.25) is 9.59 Å². The lowest BCUT2D eigenvalue weighted by atomic mass is 10.0. The van der Waals surface area contributed by atoms with Gasteiger partial charge in [0.1, 0.15) is 0 Å². The van der Waals surface area contributed by atoms with Crippen molar-refractivity contribution in [3.8, 4) is 0 Å². The van der Waals surface area contributed by atoms with Crippen molar-refractivity contribution in [1.82, 2.24) is 4.98 Å². The van der Waals surface area contributed by atoms with Gasteiger partial charge in [-0.05, 0) is 53.9 Å². The molecule has 3 atom stereocenters. The zero-order valence-corrected chi connectivity index (χ0v) is 25.0. The molecule has 0 bridgehead atoms. The summed E-state index contributed by atoms with van der Waals surface area (Å²) in [4.78, 5) is 29.4. The van der Waals surface area contributed by atoms with Gasteiger partial charge in [0, 0.05) is 42.5 Å². The highest BCUT2D eigenvalue weighted by Crippen LogP contribution is 2.39. The third kappa shape index (κ3) is 8.90. The third-order valence-corrected chi connectivity index (χ3v) is 8.23. The Morgan fingerprint density at radius 1 is 0.886 bits per heavy atom. The number of nitrogens with one attached hydrogen (secondary N) is 2. The maximum Gasteiger partial charge on any atom is 0.224 e. The van der Waals surface area contributed by atoms with Gasteiger partial charge in [-0.2, -0.15) is 0 Å². The summed E-state index contributed by atoms with van der Waals surface area (Å²) in [6.07, 6.45) is 2.25. The van der Waals surface area contributed by atoms with Gasteiger partial charge in [0.15, 0.2) is 6.29 Å². The number of nitrogens with two attached hydrogens (primary N) is 1. The lowest BCUT2D eigenvalue weighted by Gasteiger charge is -2.36. The Morgan fingerprint density at radius 2 is 1.66 bits per heavy atom. The molecule has 10 heteroatoms. The fourth-order valence-electron chi connectivity index (χ4n) is 4.85. The molecular formula is C34H36N4O5S. The lowest BCUT2D eigenvalue weighted by molar-refractivity contribution is -0.245. The first kappa shape index (κ1) is 31.2. The summed E-state index contributed by atoms with van der Waals surface area (Å²) >= 11 is 1.63. The van der Waals surface area contributed by atoms with Crippen LogP contribution < -0.4 is 16.4 Å². The number of hydrogen-bond acceptors (Lipinski definition) is 8. The summed E-state index contributed by atoms with van der Waals surface area (Å²) in [6.45, 7) is -0.0184. The van der Waals surface area contributed by atoms with Crippen LogP contribution in [0, 0.1) is 0 Å². The van der Waals surface area contributed by atoms with Crippen LogP contribution in [-0.2, 0) is 25.7 Å². The number of aliphatic hydroxyl groups excluding tert-OH is 1. The quantitative estimate of drug-likeness (QED) is 0.109. The van der Waals surface area contributed by atoms with Crippen LogP contribution in [-0.4, -0.2) is 33.8 Å². The van der Waals surface area contributed by atoms with Crippen LogP contribution in [0.2, 0.25) is 0 Å². The molecule has 1 aliphatic rings. The molecule has 44 heavy (non-hydrogen) atoms. The summed E-state index contributed by atoms with van der Waals surface area (Å²) in [5.74, 6) is 0.315. The first-order valence-corrected chi connectivity index (χ1v) is 15.5. The van der Waals surface area contributed by atoms with E-state index in [0.29, 0.717) is 35.7 Å². The SMILES string of the molecule is Nc1ccccc1NC(=O)CCCC(=O)Nc1cccc([C@@H]2O[C@H](CSc3ccccn3)C[C@H](c3ccc(CO)cc3)O2)c1. The van der Waals surface area contributed by atoms with Crippen LogP contribution in [0.3, 0.4) is 0 Å². The van der Waals surface area contributed by atoms with Crippen LogP contribution in [0.4, 0.5) is 17.1 Å². The summed E-state index contributed by atoms with van der Waals surface area (Å²) in [5.41, 5.74) is 10.2. The van der Waals surface area contributed by atoms with Crippen LogP contribution in [0.15, 0.2) is 102 Å². The lowest BCUT2D eigenvalue weighted by Crippen LogP contribution is -2.31. The van der Waals surface area contributed by atoms with Crippen molar-refractivity contribution in [2.75, 3.05) is 22.1 Å². The second-order valence-electron chi connectivity index (χ2n) is 10.5.